The predicted octanol–water partition coefficient (Wildman–Crippen LogP) is 4.99. The van der Waals surface area contributed by atoms with E-state index in [9.17, 15) is 14.7 Å². The number of halogens is 1. The summed E-state index contributed by atoms with van der Waals surface area (Å²) >= 11 is 5.93. The monoisotopic (exact) mass is 393 g/mol. The molecule has 3 aromatic rings. The van der Waals surface area contributed by atoms with Gasteiger partial charge in [-0.1, -0.05) is 48.0 Å². The Morgan fingerprint density at radius 3 is 2.25 bits per heavy atom. The Morgan fingerprint density at radius 2 is 1.61 bits per heavy atom. The van der Waals surface area contributed by atoms with Crippen LogP contribution in [0, 0.1) is 0 Å². The number of ether oxygens (including phenoxy) is 1. The molecule has 28 heavy (non-hydrogen) atoms. The summed E-state index contributed by atoms with van der Waals surface area (Å²) in [5.74, 6) is -0.555. The Kier molecular flexibility index (Phi) is 6.09. The molecule has 0 saturated heterocycles. The molecular weight excluding hydrogens is 378 g/mol. The van der Waals surface area contributed by atoms with Gasteiger partial charge in [-0.3, -0.25) is 4.79 Å². The van der Waals surface area contributed by atoms with Gasteiger partial charge in [0, 0.05) is 10.6 Å². The van der Waals surface area contributed by atoms with Crippen molar-refractivity contribution in [2.45, 2.75) is 0 Å². The standard InChI is InChI=1S/C22H16ClNO4/c23-17-7-4-8-19(14-17)28-18-11-9-15(10-12-18)13-20(22(26)27)24-21(25)16-5-2-1-3-6-16/h1-14H,(H,24,25)(H,26,27). The SMILES string of the molecule is O=C(O)C(=Cc1ccc(Oc2cccc(Cl)c2)cc1)NC(=O)c1ccccc1. The number of rotatable bonds is 6. The topological polar surface area (TPSA) is 75.6 Å². The molecule has 0 aliphatic heterocycles. The largest absolute Gasteiger partial charge is 0.477 e. The van der Waals surface area contributed by atoms with E-state index < -0.39 is 11.9 Å². The van der Waals surface area contributed by atoms with Gasteiger partial charge in [0.15, 0.2) is 0 Å². The van der Waals surface area contributed by atoms with Gasteiger partial charge in [-0.2, -0.15) is 0 Å². The van der Waals surface area contributed by atoms with Gasteiger partial charge >= 0.3 is 5.97 Å². The zero-order valence-corrected chi connectivity index (χ0v) is 15.4. The number of hydrogen-bond acceptors (Lipinski definition) is 3. The molecule has 3 aromatic carbocycles. The number of amides is 1. The Hall–Kier alpha value is -3.57. The van der Waals surface area contributed by atoms with Gasteiger partial charge in [0.05, 0.1) is 0 Å². The fourth-order valence-electron chi connectivity index (χ4n) is 2.40. The molecule has 3 rings (SSSR count). The molecule has 0 unspecified atom stereocenters. The minimum Gasteiger partial charge on any atom is -0.477 e. The second kappa shape index (κ2) is 8.88. The van der Waals surface area contributed by atoms with E-state index in [2.05, 4.69) is 5.32 Å². The van der Waals surface area contributed by atoms with Gasteiger partial charge in [0.25, 0.3) is 5.91 Å². The molecule has 6 heteroatoms. The third-order valence-electron chi connectivity index (χ3n) is 3.74. The van der Waals surface area contributed by atoms with Gasteiger partial charge in [-0.25, -0.2) is 4.79 Å². The normalized spacial score (nSPS) is 11.0. The van der Waals surface area contributed by atoms with Crippen molar-refractivity contribution in [3.8, 4) is 11.5 Å². The summed E-state index contributed by atoms with van der Waals surface area (Å²) in [7, 11) is 0. The number of carboxylic acids is 1. The number of carboxylic acid groups (broad SMARTS) is 1. The molecule has 0 aromatic heterocycles. The first-order valence-corrected chi connectivity index (χ1v) is 8.74. The van der Waals surface area contributed by atoms with Gasteiger partial charge in [0.1, 0.15) is 17.2 Å². The number of carbonyl (C=O) groups excluding carboxylic acids is 1. The lowest BCUT2D eigenvalue weighted by Crippen LogP contribution is -2.27. The van der Waals surface area contributed by atoms with E-state index in [-0.39, 0.29) is 5.70 Å². The Labute approximate surface area is 166 Å². The lowest BCUT2D eigenvalue weighted by atomic mass is 10.1. The molecule has 0 heterocycles. The lowest BCUT2D eigenvalue weighted by Gasteiger charge is -2.08. The molecule has 2 N–H and O–H groups in total. The van der Waals surface area contributed by atoms with E-state index >= 15 is 0 Å². The first-order chi connectivity index (χ1) is 13.5. The van der Waals surface area contributed by atoms with E-state index in [0.717, 1.165) is 0 Å². The highest BCUT2D eigenvalue weighted by Gasteiger charge is 2.13. The second-order valence-electron chi connectivity index (χ2n) is 5.81. The summed E-state index contributed by atoms with van der Waals surface area (Å²) in [4.78, 5) is 23.7. The highest BCUT2D eigenvalue weighted by Crippen LogP contribution is 2.24. The number of carbonyl (C=O) groups is 2. The first-order valence-electron chi connectivity index (χ1n) is 8.36. The highest BCUT2D eigenvalue weighted by atomic mass is 35.5. The summed E-state index contributed by atoms with van der Waals surface area (Å²) in [6.07, 6.45) is 1.38. The van der Waals surface area contributed by atoms with Crippen LogP contribution in [-0.4, -0.2) is 17.0 Å². The summed E-state index contributed by atoms with van der Waals surface area (Å²) in [5, 5.41) is 12.4. The maximum Gasteiger partial charge on any atom is 0.352 e. The lowest BCUT2D eigenvalue weighted by molar-refractivity contribution is -0.132. The Bertz CT molecular complexity index is 1010. The van der Waals surface area contributed by atoms with Crippen molar-refractivity contribution in [1.82, 2.24) is 5.32 Å². The molecule has 0 fully saturated rings. The first kappa shape index (κ1) is 19.2. The van der Waals surface area contributed by atoms with Gasteiger partial charge in [0.2, 0.25) is 0 Å². The molecule has 0 bridgehead atoms. The highest BCUT2D eigenvalue weighted by molar-refractivity contribution is 6.30. The van der Waals surface area contributed by atoms with Crippen LogP contribution in [0.4, 0.5) is 0 Å². The Morgan fingerprint density at radius 1 is 0.893 bits per heavy atom. The van der Waals surface area contributed by atoms with E-state index in [1.807, 2.05) is 0 Å². The molecule has 0 spiro atoms. The third kappa shape index (κ3) is 5.22. The fraction of sp³-hybridized carbons (Fsp3) is 0. The van der Waals surface area contributed by atoms with Gasteiger partial charge in [-0.05, 0) is 54.1 Å². The molecule has 0 radical (unpaired) electrons. The Balaban J connectivity index is 1.74. The minimum atomic E-state index is -1.23. The van der Waals surface area contributed by atoms with E-state index in [1.54, 1.807) is 78.9 Å². The van der Waals surface area contributed by atoms with Crippen LogP contribution in [-0.2, 0) is 4.79 Å². The van der Waals surface area contributed by atoms with Crippen molar-refractivity contribution in [3.63, 3.8) is 0 Å². The van der Waals surface area contributed by atoms with E-state index in [4.69, 9.17) is 16.3 Å². The predicted molar refractivity (Wildman–Crippen MR) is 107 cm³/mol. The molecule has 0 saturated carbocycles. The molecule has 1 amide bonds. The summed E-state index contributed by atoms with van der Waals surface area (Å²) in [6.45, 7) is 0. The van der Waals surface area contributed by atoms with Crippen LogP contribution < -0.4 is 10.1 Å². The van der Waals surface area contributed by atoms with Gasteiger partial charge in [-0.15, -0.1) is 0 Å². The van der Waals surface area contributed by atoms with Crippen LogP contribution in [0.15, 0.2) is 84.6 Å². The summed E-state index contributed by atoms with van der Waals surface area (Å²) in [6, 6.07) is 22.2. The number of nitrogens with one attached hydrogen (secondary N) is 1. The minimum absolute atomic E-state index is 0.225. The fourth-order valence-corrected chi connectivity index (χ4v) is 2.58. The average Bonchev–Trinajstić information content (AvgIpc) is 2.69. The molecule has 0 aliphatic carbocycles. The number of benzene rings is 3. The average molecular weight is 394 g/mol. The number of hydrogen-bond donors (Lipinski definition) is 2. The van der Waals surface area contributed by atoms with E-state index in [1.165, 1.54) is 6.08 Å². The van der Waals surface area contributed by atoms with Crippen molar-refractivity contribution in [1.29, 1.82) is 0 Å². The molecule has 0 aliphatic rings. The molecule has 0 atom stereocenters. The molecular formula is C22H16ClNO4. The zero-order chi connectivity index (χ0) is 19.9. The second-order valence-corrected chi connectivity index (χ2v) is 6.25. The van der Waals surface area contributed by atoms with Crippen LogP contribution in [0.1, 0.15) is 15.9 Å². The summed E-state index contributed by atoms with van der Waals surface area (Å²) in [5.41, 5.74) is 0.751. The molecule has 140 valence electrons. The van der Waals surface area contributed by atoms with E-state index in [0.29, 0.717) is 27.6 Å². The van der Waals surface area contributed by atoms with Crippen LogP contribution in [0.5, 0.6) is 11.5 Å². The smallest absolute Gasteiger partial charge is 0.352 e. The van der Waals surface area contributed by atoms with Crippen LogP contribution in [0.25, 0.3) is 6.08 Å². The maximum absolute atomic E-state index is 12.2. The summed E-state index contributed by atoms with van der Waals surface area (Å²) < 4.78 is 5.70. The quantitative estimate of drug-likeness (QED) is 0.578. The maximum atomic E-state index is 12.2. The third-order valence-corrected chi connectivity index (χ3v) is 3.97. The van der Waals surface area contributed by atoms with Crippen molar-refractivity contribution in [3.05, 3.63) is 101 Å². The van der Waals surface area contributed by atoms with Crippen molar-refractivity contribution < 1.29 is 19.4 Å². The number of aliphatic carboxylic acids is 1. The van der Waals surface area contributed by atoms with Crippen LogP contribution in [0.3, 0.4) is 0 Å². The van der Waals surface area contributed by atoms with Gasteiger partial charge < -0.3 is 15.2 Å². The van der Waals surface area contributed by atoms with Crippen molar-refractivity contribution >= 4 is 29.6 Å². The van der Waals surface area contributed by atoms with Crippen molar-refractivity contribution in [2.24, 2.45) is 0 Å². The van der Waals surface area contributed by atoms with Crippen LogP contribution >= 0.6 is 11.6 Å². The van der Waals surface area contributed by atoms with Crippen molar-refractivity contribution in [2.75, 3.05) is 0 Å². The molecule has 5 nitrogen and oxygen atoms in total. The zero-order valence-electron chi connectivity index (χ0n) is 14.6. The van der Waals surface area contributed by atoms with Crippen LogP contribution in [0.2, 0.25) is 5.02 Å².